The molecule has 1 saturated heterocycles. The lowest BCUT2D eigenvalue weighted by atomic mass is 10.1. The fraction of sp³-hybridized carbons (Fsp3) is 0.190. The van der Waals surface area contributed by atoms with E-state index in [0.717, 1.165) is 4.90 Å². The minimum absolute atomic E-state index is 0.191. The highest BCUT2D eigenvalue weighted by Gasteiger charge is 2.36. The molecule has 3 rings (SSSR count). The number of hydrogen-bond donors (Lipinski definition) is 1. The molecule has 0 saturated carbocycles. The summed E-state index contributed by atoms with van der Waals surface area (Å²) < 4.78 is 16.6. The van der Waals surface area contributed by atoms with Crippen LogP contribution in [-0.2, 0) is 9.59 Å². The van der Waals surface area contributed by atoms with Crippen molar-refractivity contribution in [3.8, 4) is 17.2 Å². The summed E-state index contributed by atoms with van der Waals surface area (Å²) in [6.45, 7) is 2.28. The van der Waals surface area contributed by atoms with E-state index in [0.29, 0.717) is 39.6 Å². The van der Waals surface area contributed by atoms with Crippen molar-refractivity contribution in [2.75, 3.05) is 25.7 Å². The quantitative estimate of drug-likeness (QED) is 0.508. The first kappa shape index (κ1) is 21.4. The molecule has 0 unspecified atom stereocenters. The topological polar surface area (TPSA) is 94.2 Å². The molecule has 1 fully saturated rings. The van der Waals surface area contributed by atoms with Crippen molar-refractivity contribution in [3.63, 3.8) is 0 Å². The van der Waals surface area contributed by atoms with E-state index in [4.69, 9.17) is 14.2 Å². The van der Waals surface area contributed by atoms with Crippen molar-refractivity contribution >= 4 is 45.5 Å². The summed E-state index contributed by atoms with van der Waals surface area (Å²) in [5.74, 6) is -0.000133. The number of barbiturate groups is 1. The number of benzene rings is 2. The van der Waals surface area contributed by atoms with Gasteiger partial charge in [0.15, 0.2) is 11.5 Å². The SMILES string of the molecule is CCOc1c(Br)cc(/C=C2/C(=O)NC(=O)N(c3ccc(OC)cc3)C2=O)cc1OC. The highest BCUT2D eigenvalue weighted by molar-refractivity contribution is 9.10. The fourth-order valence-corrected chi connectivity index (χ4v) is 3.47. The van der Waals surface area contributed by atoms with E-state index in [9.17, 15) is 14.4 Å². The van der Waals surface area contributed by atoms with E-state index in [1.807, 2.05) is 6.92 Å². The van der Waals surface area contributed by atoms with Gasteiger partial charge in [-0.25, -0.2) is 9.69 Å². The molecule has 9 heteroatoms. The van der Waals surface area contributed by atoms with Gasteiger partial charge < -0.3 is 14.2 Å². The van der Waals surface area contributed by atoms with Crippen LogP contribution in [0.4, 0.5) is 10.5 Å². The molecule has 2 aromatic carbocycles. The van der Waals surface area contributed by atoms with Gasteiger partial charge >= 0.3 is 6.03 Å². The summed E-state index contributed by atoms with van der Waals surface area (Å²) >= 11 is 3.41. The standard InChI is InChI=1S/C21H19BrN2O6/c1-4-30-18-16(22)10-12(11-17(18)29-3)9-15-19(25)23-21(27)24(20(15)26)13-5-7-14(28-2)8-6-13/h5-11H,4H2,1-3H3,(H,23,25,27)/b15-9-. The van der Waals surface area contributed by atoms with Crippen molar-refractivity contribution in [1.82, 2.24) is 5.32 Å². The number of ether oxygens (including phenoxy) is 3. The molecule has 8 nitrogen and oxygen atoms in total. The maximum absolute atomic E-state index is 13.0. The number of amides is 4. The third kappa shape index (κ3) is 4.16. The Morgan fingerprint density at radius 3 is 2.37 bits per heavy atom. The van der Waals surface area contributed by atoms with E-state index < -0.39 is 17.8 Å². The molecule has 1 aliphatic heterocycles. The highest BCUT2D eigenvalue weighted by atomic mass is 79.9. The monoisotopic (exact) mass is 474 g/mol. The molecular formula is C21H19BrN2O6. The molecule has 30 heavy (non-hydrogen) atoms. The van der Waals surface area contributed by atoms with Gasteiger partial charge in [-0.3, -0.25) is 14.9 Å². The number of nitrogens with zero attached hydrogens (tertiary/aromatic N) is 1. The first-order valence-corrected chi connectivity index (χ1v) is 9.74. The van der Waals surface area contributed by atoms with Crippen LogP contribution in [0.15, 0.2) is 46.4 Å². The lowest BCUT2D eigenvalue weighted by Crippen LogP contribution is -2.54. The normalized spacial score (nSPS) is 15.3. The van der Waals surface area contributed by atoms with Crippen LogP contribution in [0.25, 0.3) is 6.08 Å². The van der Waals surface area contributed by atoms with Crippen LogP contribution in [0.1, 0.15) is 12.5 Å². The first-order chi connectivity index (χ1) is 14.4. The number of halogens is 1. The molecule has 156 valence electrons. The smallest absolute Gasteiger partial charge is 0.335 e. The second-order valence-electron chi connectivity index (χ2n) is 6.12. The van der Waals surface area contributed by atoms with Crippen LogP contribution < -0.4 is 24.4 Å². The average molecular weight is 475 g/mol. The van der Waals surface area contributed by atoms with Crippen LogP contribution in [0.2, 0.25) is 0 Å². The summed E-state index contributed by atoms with van der Waals surface area (Å²) in [5, 5.41) is 2.19. The predicted octanol–water partition coefficient (Wildman–Crippen LogP) is 3.53. The van der Waals surface area contributed by atoms with Gasteiger partial charge in [-0.2, -0.15) is 0 Å². The zero-order valence-corrected chi connectivity index (χ0v) is 18.1. The summed E-state index contributed by atoms with van der Waals surface area (Å²) in [7, 11) is 3.00. The van der Waals surface area contributed by atoms with E-state index in [-0.39, 0.29) is 5.57 Å². The number of urea groups is 1. The van der Waals surface area contributed by atoms with Gasteiger partial charge in [0, 0.05) is 0 Å². The lowest BCUT2D eigenvalue weighted by Gasteiger charge is -2.26. The third-order valence-electron chi connectivity index (χ3n) is 4.28. The number of anilines is 1. The Labute approximate surface area is 181 Å². The third-order valence-corrected chi connectivity index (χ3v) is 4.87. The Morgan fingerprint density at radius 2 is 1.77 bits per heavy atom. The van der Waals surface area contributed by atoms with Crippen molar-refractivity contribution < 1.29 is 28.6 Å². The molecule has 0 atom stereocenters. The number of carbonyl (C=O) groups excluding carboxylic acids is 3. The summed E-state index contributed by atoms with van der Waals surface area (Å²) in [6, 6.07) is 8.85. The van der Waals surface area contributed by atoms with Crippen molar-refractivity contribution in [3.05, 3.63) is 52.0 Å². The molecular weight excluding hydrogens is 456 g/mol. The molecule has 0 aromatic heterocycles. The van der Waals surface area contributed by atoms with Crippen molar-refractivity contribution in [1.29, 1.82) is 0 Å². The van der Waals surface area contributed by atoms with E-state index in [1.165, 1.54) is 20.3 Å². The molecule has 1 aliphatic rings. The maximum atomic E-state index is 13.0. The van der Waals surface area contributed by atoms with Gasteiger partial charge in [0.25, 0.3) is 11.8 Å². The van der Waals surface area contributed by atoms with E-state index in [1.54, 1.807) is 36.4 Å². The van der Waals surface area contributed by atoms with Gasteiger partial charge in [-0.15, -0.1) is 0 Å². The van der Waals surface area contributed by atoms with Gasteiger partial charge in [0.05, 0.1) is 31.0 Å². The minimum atomic E-state index is -0.822. The molecule has 0 radical (unpaired) electrons. The highest BCUT2D eigenvalue weighted by Crippen LogP contribution is 2.37. The van der Waals surface area contributed by atoms with Crippen LogP contribution in [0, 0.1) is 0 Å². The first-order valence-electron chi connectivity index (χ1n) is 8.95. The van der Waals surface area contributed by atoms with Gasteiger partial charge in [0.2, 0.25) is 0 Å². The molecule has 4 amide bonds. The average Bonchev–Trinajstić information content (AvgIpc) is 2.73. The minimum Gasteiger partial charge on any atom is -0.497 e. The zero-order valence-electron chi connectivity index (χ0n) is 16.5. The molecule has 1 N–H and O–H groups in total. The summed E-state index contributed by atoms with van der Waals surface area (Å²) in [6.07, 6.45) is 1.39. The Morgan fingerprint density at radius 1 is 1.07 bits per heavy atom. The largest absolute Gasteiger partial charge is 0.497 e. The fourth-order valence-electron chi connectivity index (χ4n) is 2.90. The maximum Gasteiger partial charge on any atom is 0.335 e. The van der Waals surface area contributed by atoms with Crippen LogP contribution in [0.5, 0.6) is 17.2 Å². The number of rotatable bonds is 6. The Balaban J connectivity index is 2.01. The van der Waals surface area contributed by atoms with E-state index >= 15 is 0 Å². The van der Waals surface area contributed by atoms with Crippen molar-refractivity contribution in [2.45, 2.75) is 6.92 Å². The van der Waals surface area contributed by atoms with Gasteiger partial charge in [-0.1, -0.05) is 0 Å². The predicted molar refractivity (Wildman–Crippen MR) is 114 cm³/mol. The second-order valence-corrected chi connectivity index (χ2v) is 6.98. The molecule has 0 spiro atoms. The summed E-state index contributed by atoms with van der Waals surface area (Å²) in [5.41, 5.74) is 0.635. The molecule has 2 aromatic rings. The van der Waals surface area contributed by atoms with E-state index in [2.05, 4.69) is 21.2 Å². The molecule has 0 bridgehead atoms. The zero-order chi connectivity index (χ0) is 21.8. The Bertz CT molecular complexity index is 1030. The number of methoxy groups -OCH3 is 2. The molecule has 1 heterocycles. The Hall–Kier alpha value is -3.33. The second kappa shape index (κ2) is 9.00. The van der Waals surface area contributed by atoms with Gasteiger partial charge in [0.1, 0.15) is 11.3 Å². The van der Waals surface area contributed by atoms with Crippen LogP contribution in [0.3, 0.4) is 0 Å². The number of nitrogens with one attached hydrogen (secondary N) is 1. The Kier molecular flexibility index (Phi) is 6.41. The van der Waals surface area contributed by atoms with Crippen LogP contribution in [-0.4, -0.2) is 38.7 Å². The number of carbonyl (C=O) groups is 3. The van der Waals surface area contributed by atoms with Gasteiger partial charge in [-0.05, 0) is 70.9 Å². The summed E-state index contributed by atoms with van der Waals surface area (Å²) in [4.78, 5) is 38.6. The lowest BCUT2D eigenvalue weighted by molar-refractivity contribution is -0.122. The molecule has 0 aliphatic carbocycles. The van der Waals surface area contributed by atoms with Crippen molar-refractivity contribution in [2.24, 2.45) is 0 Å². The number of imide groups is 2. The number of hydrogen-bond acceptors (Lipinski definition) is 6. The van der Waals surface area contributed by atoms with Crippen LogP contribution >= 0.6 is 15.9 Å².